The standard InChI is InChI=1S/C12H21NO2/c1-9(2)6-8-15-12(10(3)13)11-5-4-7-14-11/h4-5,7,9-10,12H,6,8,13H2,1-3H3. The van der Waals surface area contributed by atoms with Crippen molar-refractivity contribution in [2.75, 3.05) is 6.61 Å². The Bertz CT molecular complexity index is 255. The third kappa shape index (κ3) is 4.06. The molecule has 86 valence electrons. The van der Waals surface area contributed by atoms with Crippen molar-refractivity contribution in [3.63, 3.8) is 0 Å². The molecule has 0 saturated carbocycles. The van der Waals surface area contributed by atoms with Gasteiger partial charge in [0.25, 0.3) is 0 Å². The fourth-order valence-electron chi connectivity index (χ4n) is 1.38. The van der Waals surface area contributed by atoms with Crippen LogP contribution in [-0.2, 0) is 4.74 Å². The van der Waals surface area contributed by atoms with E-state index in [1.807, 2.05) is 19.1 Å². The van der Waals surface area contributed by atoms with Crippen molar-refractivity contribution in [2.24, 2.45) is 11.7 Å². The molecule has 2 N–H and O–H groups in total. The molecule has 0 amide bonds. The number of rotatable bonds is 6. The van der Waals surface area contributed by atoms with Crippen LogP contribution in [0.3, 0.4) is 0 Å². The first kappa shape index (κ1) is 12.3. The van der Waals surface area contributed by atoms with Crippen LogP contribution in [0.5, 0.6) is 0 Å². The largest absolute Gasteiger partial charge is 0.467 e. The fourth-order valence-corrected chi connectivity index (χ4v) is 1.38. The molecule has 3 heteroatoms. The van der Waals surface area contributed by atoms with Gasteiger partial charge in [-0.05, 0) is 31.4 Å². The Labute approximate surface area is 91.6 Å². The normalized spacial score (nSPS) is 15.5. The molecule has 1 aromatic rings. The lowest BCUT2D eigenvalue weighted by Gasteiger charge is -2.19. The molecule has 0 aromatic carbocycles. The molecular formula is C12H21NO2. The van der Waals surface area contributed by atoms with E-state index >= 15 is 0 Å². The Kier molecular flexibility index (Phi) is 4.85. The van der Waals surface area contributed by atoms with E-state index in [0.29, 0.717) is 5.92 Å². The average Bonchev–Trinajstić information content (AvgIpc) is 2.63. The Morgan fingerprint density at radius 2 is 2.13 bits per heavy atom. The lowest BCUT2D eigenvalue weighted by atomic mass is 10.1. The molecule has 0 radical (unpaired) electrons. The van der Waals surface area contributed by atoms with Crippen molar-refractivity contribution >= 4 is 0 Å². The van der Waals surface area contributed by atoms with Gasteiger partial charge in [0.05, 0.1) is 6.26 Å². The van der Waals surface area contributed by atoms with Gasteiger partial charge >= 0.3 is 0 Å². The van der Waals surface area contributed by atoms with Crippen molar-refractivity contribution in [3.05, 3.63) is 24.2 Å². The second kappa shape index (κ2) is 5.93. The Morgan fingerprint density at radius 1 is 1.40 bits per heavy atom. The quantitative estimate of drug-likeness (QED) is 0.787. The molecule has 3 nitrogen and oxygen atoms in total. The summed E-state index contributed by atoms with van der Waals surface area (Å²) in [5, 5.41) is 0. The maximum absolute atomic E-state index is 5.86. The summed E-state index contributed by atoms with van der Waals surface area (Å²) >= 11 is 0. The summed E-state index contributed by atoms with van der Waals surface area (Å²) in [5.74, 6) is 1.46. The third-order valence-corrected chi connectivity index (χ3v) is 2.29. The van der Waals surface area contributed by atoms with Crippen LogP contribution < -0.4 is 5.73 Å². The molecule has 15 heavy (non-hydrogen) atoms. The van der Waals surface area contributed by atoms with Gasteiger partial charge < -0.3 is 14.9 Å². The average molecular weight is 211 g/mol. The molecule has 0 aliphatic heterocycles. The minimum absolute atomic E-state index is 0.0525. The summed E-state index contributed by atoms with van der Waals surface area (Å²) in [5.41, 5.74) is 5.86. The van der Waals surface area contributed by atoms with Gasteiger partial charge in [0.1, 0.15) is 11.9 Å². The van der Waals surface area contributed by atoms with E-state index in [9.17, 15) is 0 Å². The highest BCUT2D eigenvalue weighted by atomic mass is 16.5. The van der Waals surface area contributed by atoms with Gasteiger partial charge in [-0.15, -0.1) is 0 Å². The van der Waals surface area contributed by atoms with Gasteiger partial charge in [-0.1, -0.05) is 13.8 Å². The summed E-state index contributed by atoms with van der Waals surface area (Å²) in [6.45, 7) is 7.02. The van der Waals surface area contributed by atoms with Crippen LogP contribution >= 0.6 is 0 Å². The molecule has 2 atom stereocenters. The molecule has 1 aromatic heterocycles. The summed E-state index contributed by atoms with van der Waals surface area (Å²) in [6, 6.07) is 3.71. The number of nitrogens with two attached hydrogens (primary N) is 1. The van der Waals surface area contributed by atoms with Gasteiger partial charge in [-0.25, -0.2) is 0 Å². The monoisotopic (exact) mass is 211 g/mol. The molecular weight excluding hydrogens is 190 g/mol. The Hall–Kier alpha value is -0.800. The van der Waals surface area contributed by atoms with Crippen LogP contribution in [-0.4, -0.2) is 12.6 Å². The van der Waals surface area contributed by atoms with Gasteiger partial charge in [0, 0.05) is 12.6 Å². The lowest BCUT2D eigenvalue weighted by molar-refractivity contribution is 0.0182. The minimum atomic E-state index is -0.126. The first-order chi connectivity index (χ1) is 7.11. The van der Waals surface area contributed by atoms with E-state index in [2.05, 4.69) is 13.8 Å². The Balaban J connectivity index is 2.45. The van der Waals surface area contributed by atoms with Crippen LogP contribution in [0.4, 0.5) is 0 Å². The number of hydrogen-bond acceptors (Lipinski definition) is 3. The number of furan rings is 1. The molecule has 0 aliphatic carbocycles. The highest BCUT2D eigenvalue weighted by Gasteiger charge is 2.19. The van der Waals surface area contributed by atoms with Gasteiger partial charge in [-0.3, -0.25) is 0 Å². The van der Waals surface area contributed by atoms with Crippen LogP contribution in [0.2, 0.25) is 0 Å². The molecule has 0 fully saturated rings. The maximum atomic E-state index is 5.86. The van der Waals surface area contributed by atoms with Gasteiger partial charge in [0.15, 0.2) is 0 Å². The SMILES string of the molecule is CC(C)CCOC(c1ccco1)C(C)N. The Morgan fingerprint density at radius 3 is 2.60 bits per heavy atom. The topological polar surface area (TPSA) is 48.4 Å². The summed E-state index contributed by atoms with van der Waals surface area (Å²) in [6.07, 6.45) is 2.57. The smallest absolute Gasteiger partial charge is 0.134 e. The predicted octanol–water partition coefficient (Wildman–Crippen LogP) is 2.73. The van der Waals surface area contributed by atoms with Crippen molar-refractivity contribution in [1.29, 1.82) is 0 Å². The molecule has 1 heterocycles. The lowest BCUT2D eigenvalue weighted by Crippen LogP contribution is -2.27. The van der Waals surface area contributed by atoms with E-state index in [1.54, 1.807) is 6.26 Å². The van der Waals surface area contributed by atoms with Crippen molar-refractivity contribution in [1.82, 2.24) is 0 Å². The first-order valence-corrected chi connectivity index (χ1v) is 5.52. The second-order valence-corrected chi connectivity index (χ2v) is 4.35. The second-order valence-electron chi connectivity index (χ2n) is 4.35. The van der Waals surface area contributed by atoms with E-state index in [0.717, 1.165) is 18.8 Å². The van der Waals surface area contributed by atoms with Crippen LogP contribution in [0.15, 0.2) is 22.8 Å². The highest BCUT2D eigenvalue weighted by Crippen LogP contribution is 2.21. The molecule has 0 saturated heterocycles. The zero-order valence-electron chi connectivity index (χ0n) is 9.77. The van der Waals surface area contributed by atoms with E-state index in [-0.39, 0.29) is 12.1 Å². The summed E-state index contributed by atoms with van der Waals surface area (Å²) in [7, 11) is 0. The molecule has 0 bridgehead atoms. The summed E-state index contributed by atoms with van der Waals surface area (Å²) < 4.78 is 11.0. The first-order valence-electron chi connectivity index (χ1n) is 5.52. The molecule has 0 spiro atoms. The summed E-state index contributed by atoms with van der Waals surface area (Å²) in [4.78, 5) is 0. The van der Waals surface area contributed by atoms with Gasteiger partial charge in [-0.2, -0.15) is 0 Å². The predicted molar refractivity (Wildman–Crippen MR) is 60.5 cm³/mol. The maximum Gasteiger partial charge on any atom is 0.134 e. The van der Waals surface area contributed by atoms with Crippen molar-refractivity contribution in [2.45, 2.75) is 39.3 Å². The van der Waals surface area contributed by atoms with E-state index in [1.165, 1.54) is 0 Å². The minimum Gasteiger partial charge on any atom is -0.467 e. The van der Waals surface area contributed by atoms with Crippen LogP contribution in [0.25, 0.3) is 0 Å². The van der Waals surface area contributed by atoms with Gasteiger partial charge in [0.2, 0.25) is 0 Å². The number of ether oxygens (including phenoxy) is 1. The third-order valence-electron chi connectivity index (χ3n) is 2.29. The van der Waals surface area contributed by atoms with E-state index in [4.69, 9.17) is 14.9 Å². The van der Waals surface area contributed by atoms with Crippen molar-refractivity contribution < 1.29 is 9.15 Å². The zero-order valence-corrected chi connectivity index (χ0v) is 9.77. The molecule has 0 aliphatic rings. The number of hydrogen-bond donors (Lipinski definition) is 1. The zero-order chi connectivity index (χ0) is 11.3. The van der Waals surface area contributed by atoms with Crippen LogP contribution in [0, 0.1) is 5.92 Å². The van der Waals surface area contributed by atoms with Crippen LogP contribution in [0.1, 0.15) is 39.1 Å². The fraction of sp³-hybridized carbons (Fsp3) is 0.667. The molecule has 1 rings (SSSR count). The van der Waals surface area contributed by atoms with E-state index < -0.39 is 0 Å². The van der Waals surface area contributed by atoms with Crippen molar-refractivity contribution in [3.8, 4) is 0 Å². The molecule has 2 unspecified atom stereocenters. The highest BCUT2D eigenvalue weighted by molar-refractivity contribution is 5.04.